The summed E-state index contributed by atoms with van der Waals surface area (Å²) in [5.74, 6) is 1.63. The molecule has 3 nitrogen and oxygen atoms in total. The van der Waals surface area contributed by atoms with Crippen LogP contribution in [0.5, 0.6) is 0 Å². The third-order valence-corrected chi connectivity index (χ3v) is 6.99. The minimum absolute atomic E-state index is 0.248. The van der Waals surface area contributed by atoms with E-state index in [0.717, 1.165) is 0 Å². The lowest BCUT2D eigenvalue weighted by Gasteiger charge is -2.35. The summed E-state index contributed by atoms with van der Waals surface area (Å²) in [6, 6.07) is 0.504. The maximum absolute atomic E-state index is 12.1. The van der Waals surface area contributed by atoms with Gasteiger partial charge in [0, 0.05) is 12.6 Å². The van der Waals surface area contributed by atoms with Crippen molar-refractivity contribution in [3.8, 4) is 0 Å². The number of hydrogen-bond donors (Lipinski definition) is 1. The van der Waals surface area contributed by atoms with E-state index in [9.17, 15) is 8.42 Å². The summed E-state index contributed by atoms with van der Waals surface area (Å²) >= 11 is 0. The molecule has 1 saturated carbocycles. The monoisotopic (exact) mass is 289 g/mol. The van der Waals surface area contributed by atoms with Crippen LogP contribution >= 0.6 is 0 Å². The van der Waals surface area contributed by atoms with E-state index in [0.29, 0.717) is 24.4 Å². The lowest BCUT2D eigenvalue weighted by atomic mass is 9.78. The molecule has 0 spiro atoms. The number of nitrogens with one attached hydrogen (secondary N) is 1. The number of sulfone groups is 1. The summed E-state index contributed by atoms with van der Waals surface area (Å²) in [6.07, 6.45) is 5.06. The first-order chi connectivity index (χ1) is 8.65. The summed E-state index contributed by atoms with van der Waals surface area (Å²) in [5, 5.41) is 3.50. The molecule has 2 unspecified atom stereocenters. The van der Waals surface area contributed by atoms with Crippen LogP contribution in [-0.2, 0) is 9.84 Å². The van der Waals surface area contributed by atoms with Crippen molar-refractivity contribution >= 4 is 9.84 Å². The largest absolute Gasteiger partial charge is 0.313 e. The maximum atomic E-state index is 12.1. The van der Waals surface area contributed by atoms with Gasteiger partial charge in [0.15, 0.2) is 9.84 Å². The topological polar surface area (TPSA) is 46.2 Å². The van der Waals surface area contributed by atoms with Crippen molar-refractivity contribution in [2.75, 3.05) is 12.3 Å². The average Bonchev–Trinajstić information content (AvgIpc) is 2.27. The predicted molar refractivity (Wildman–Crippen MR) is 82.1 cm³/mol. The Morgan fingerprint density at radius 1 is 1.16 bits per heavy atom. The number of rotatable bonds is 5. The van der Waals surface area contributed by atoms with Crippen LogP contribution in [-0.4, -0.2) is 31.5 Å². The molecule has 0 aromatic heterocycles. The van der Waals surface area contributed by atoms with Crippen LogP contribution in [0.3, 0.4) is 0 Å². The van der Waals surface area contributed by atoms with Gasteiger partial charge in [-0.25, -0.2) is 8.42 Å². The normalized spacial score (nSPS) is 25.8. The van der Waals surface area contributed by atoms with E-state index < -0.39 is 14.6 Å². The van der Waals surface area contributed by atoms with Crippen LogP contribution in [0.4, 0.5) is 0 Å². The fourth-order valence-corrected chi connectivity index (χ4v) is 3.89. The van der Waals surface area contributed by atoms with E-state index in [2.05, 4.69) is 19.2 Å². The fourth-order valence-electron chi connectivity index (χ4n) is 2.90. The van der Waals surface area contributed by atoms with Gasteiger partial charge in [-0.3, -0.25) is 0 Å². The molecule has 1 rings (SSSR count). The highest BCUT2D eigenvalue weighted by molar-refractivity contribution is 7.92. The quantitative estimate of drug-likeness (QED) is 0.846. The Morgan fingerprint density at radius 3 is 2.26 bits per heavy atom. The molecule has 0 aromatic carbocycles. The lowest BCUT2D eigenvalue weighted by Crippen LogP contribution is -2.44. The van der Waals surface area contributed by atoms with Gasteiger partial charge in [0.2, 0.25) is 0 Å². The van der Waals surface area contributed by atoms with Gasteiger partial charge in [-0.1, -0.05) is 26.7 Å². The van der Waals surface area contributed by atoms with Gasteiger partial charge in [0.1, 0.15) is 0 Å². The molecule has 1 aliphatic rings. The Morgan fingerprint density at radius 2 is 1.74 bits per heavy atom. The van der Waals surface area contributed by atoms with E-state index in [1.54, 1.807) is 20.8 Å². The van der Waals surface area contributed by atoms with Gasteiger partial charge in [-0.05, 0) is 45.4 Å². The van der Waals surface area contributed by atoms with Gasteiger partial charge in [-0.15, -0.1) is 0 Å². The first-order valence-electron chi connectivity index (χ1n) is 7.61. The Kier molecular flexibility index (Phi) is 5.87. The van der Waals surface area contributed by atoms with Crippen LogP contribution in [0, 0.1) is 11.8 Å². The van der Waals surface area contributed by atoms with Gasteiger partial charge >= 0.3 is 0 Å². The van der Waals surface area contributed by atoms with Gasteiger partial charge in [-0.2, -0.15) is 0 Å². The SMILES string of the molecule is CC(C)C1CCCCC1NCCS(=O)(=O)C(C)(C)C. The second kappa shape index (κ2) is 6.57. The van der Waals surface area contributed by atoms with E-state index in [1.807, 2.05) is 0 Å². The molecular weight excluding hydrogens is 258 g/mol. The minimum Gasteiger partial charge on any atom is -0.313 e. The van der Waals surface area contributed by atoms with Crippen LogP contribution in [0.25, 0.3) is 0 Å². The summed E-state index contributed by atoms with van der Waals surface area (Å²) in [4.78, 5) is 0. The summed E-state index contributed by atoms with van der Waals surface area (Å²) in [5.41, 5.74) is 0. The smallest absolute Gasteiger partial charge is 0.156 e. The zero-order chi connectivity index (χ0) is 14.7. The zero-order valence-corrected chi connectivity index (χ0v) is 14.0. The van der Waals surface area contributed by atoms with Gasteiger partial charge < -0.3 is 5.32 Å². The molecule has 1 aliphatic carbocycles. The minimum atomic E-state index is -3.00. The summed E-state index contributed by atoms with van der Waals surface area (Å²) in [6.45, 7) is 10.5. The molecule has 0 radical (unpaired) electrons. The van der Waals surface area contributed by atoms with E-state index >= 15 is 0 Å². The first kappa shape index (κ1) is 17.0. The zero-order valence-electron chi connectivity index (χ0n) is 13.2. The van der Waals surface area contributed by atoms with Crippen LogP contribution < -0.4 is 5.32 Å². The molecule has 19 heavy (non-hydrogen) atoms. The maximum Gasteiger partial charge on any atom is 0.156 e. The number of hydrogen-bond acceptors (Lipinski definition) is 3. The Hall–Kier alpha value is -0.0900. The molecular formula is C15H31NO2S. The van der Waals surface area contributed by atoms with Crippen LogP contribution in [0.15, 0.2) is 0 Å². The second-order valence-corrected chi connectivity index (χ2v) is 10.0. The summed E-state index contributed by atoms with van der Waals surface area (Å²) < 4.78 is 23.5. The highest BCUT2D eigenvalue weighted by Gasteiger charge is 2.30. The van der Waals surface area contributed by atoms with Crippen LogP contribution in [0.2, 0.25) is 0 Å². The molecule has 2 atom stereocenters. The van der Waals surface area contributed by atoms with E-state index in [4.69, 9.17) is 0 Å². The Labute approximate surface area is 119 Å². The fraction of sp³-hybridized carbons (Fsp3) is 1.00. The van der Waals surface area contributed by atoms with Crippen molar-refractivity contribution in [1.82, 2.24) is 5.32 Å². The standard InChI is InChI=1S/C15H31NO2S/c1-12(2)13-8-6-7-9-14(13)16-10-11-19(17,18)15(3,4)5/h12-14,16H,6-11H2,1-5H3. The third kappa shape index (κ3) is 4.75. The lowest BCUT2D eigenvalue weighted by molar-refractivity contribution is 0.208. The van der Waals surface area contributed by atoms with E-state index in [1.165, 1.54) is 25.7 Å². The molecule has 0 aliphatic heterocycles. The van der Waals surface area contributed by atoms with Gasteiger partial charge in [0.05, 0.1) is 10.5 Å². The van der Waals surface area contributed by atoms with Crippen molar-refractivity contribution in [3.63, 3.8) is 0 Å². The molecule has 0 heterocycles. The third-order valence-electron chi connectivity index (χ3n) is 4.39. The van der Waals surface area contributed by atoms with Crippen molar-refractivity contribution in [3.05, 3.63) is 0 Å². The molecule has 1 fully saturated rings. The first-order valence-corrected chi connectivity index (χ1v) is 9.26. The molecule has 0 aromatic rings. The van der Waals surface area contributed by atoms with Gasteiger partial charge in [0.25, 0.3) is 0 Å². The highest BCUT2D eigenvalue weighted by atomic mass is 32.2. The molecule has 1 N–H and O–H groups in total. The molecule has 0 bridgehead atoms. The molecule has 0 saturated heterocycles. The van der Waals surface area contributed by atoms with Crippen molar-refractivity contribution in [2.45, 2.75) is 71.1 Å². The average molecular weight is 289 g/mol. The Bertz CT molecular complexity index is 368. The van der Waals surface area contributed by atoms with E-state index in [-0.39, 0.29) is 5.75 Å². The van der Waals surface area contributed by atoms with Crippen molar-refractivity contribution in [2.24, 2.45) is 11.8 Å². The molecule has 114 valence electrons. The molecule has 0 amide bonds. The molecule has 4 heteroatoms. The Balaban J connectivity index is 2.48. The van der Waals surface area contributed by atoms with Crippen molar-refractivity contribution in [1.29, 1.82) is 0 Å². The predicted octanol–water partition coefficient (Wildman–Crippen LogP) is 3.00. The second-order valence-electron chi connectivity index (χ2n) is 7.18. The summed E-state index contributed by atoms with van der Waals surface area (Å²) in [7, 11) is -3.00. The highest BCUT2D eigenvalue weighted by Crippen LogP contribution is 2.30. The van der Waals surface area contributed by atoms with Crippen LogP contribution in [0.1, 0.15) is 60.3 Å². The van der Waals surface area contributed by atoms with Crippen molar-refractivity contribution < 1.29 is 8.42 Å².